The summed E-state index contributed by atoms with van der Waals surface area (Å²) in [6.45, 7) is 1.91. The summed E-state index contributed by atoms with van der Waals surface area (Å²) in [7, 11) is -4.12. The van der Waals surface area contributed by atoms with Gasteiger partial charge in [0.25, 0.3) is 5.91 Å². The molecular weight excluding hydrogens is 518 g/mol. The first-order valence-corrected chi connectivity index (χ1v) is 14.0. The van der Waals surface area contributed by atoms with E-state index in [9.17, 15) is 22.8 Å². The van der Waals surface area contributed by atoms with Gasteiger partial charge in [-0.2, -0.15) is 4.31 Å². The lowest BCUT2D eigenvalue weighted by Gasteiger charge is -2.27. The Kier molecular flexibility index (Phi) is 7.32. The lowest BCUT2D eigenvalue weighted by molar-refractivity contribution is -0.122. The third-order valence-corrected chi connectivity index (χ3v) is 8.66. The van der Waals surface area contributed by atoms with Crippen molar-refractivity contribution in [3.8, 4) is 0 Å². The van der Waals surface area contributed by atoms with Gasteiger partial charge in [0.15, 0.2) is 0 Å². The number of H-pyrrole nitrogens is 1. The first kappa shape index (κ1) is 26.3. The number of nitrogens with one attached hydrogen (secondary N) is 1. The molecule has 0 aliphatic carbocycles. The Bertz CT molecular complexity index is 1630. The van der Waals surface area contributed by atoms with E-state index < -0.39 is 33.8 Å². The Labute approximate surface area is 226 Å². The molecule has 5 rings (SSSR count). The van der Waals surface area contributed by atoms with Gasteiger partial charge in [-0.3, -0.25) is 9.59 Å². The van der Waals surface area contributed by atoms with Crippen LogP contribution in [0.4, 0.5) is 5.69 Å². The number of anilines is 1. The van der Waals surface area contributed by atoms with E-state index in [4.69, 9.17) is 4.74 Å². The van der Waals surface area contributed by atoms with Gasteiger partial charge < -0.3 is 9.72 Å². The van der Waals surface area contributed by atoms with Crippen LogP contribution >= 0.6 is 0 Å². The van der Waals surface area contributed by atoms with Crippen LogP contribution in [-0.4, -0.2) is 54.7 Å². The van der Waals surface area contributed by atoms with Gasteiger partial charge in [-0.25, -0.2) is 18.1 Å². The van der Waals surface area contributed by atoms with E-state index in [1.807, 2.05) is 30.5 Å². The van der Waals surface area contributed by atoms with Crippen LogP contribution < -0.4 is 4.90 Å². The number of para-hydroxylation sites is 1. The number of aromatic amines is 1. The fraction of sp³-hybridized carbons (Fsp3) is 0.207. The standard InChI is InChI=1S/C29H27N3O6S/c1-2-38-29(35)20-12-14-22(15-13-20)32-27(33)18-26(28(32)34)31(39(36,37)23-8-4-3-5-9-23)17-16-21-19-30-25-11-7-6-10-24(21)25/h3-15,19,26,30H,2,16-18H2,1H3. The molecule has 1 unspecified atom stereocenters. The fourth-order valence-electron chi connectivity index (χ4n) is 4.81. The van der Waals surface area contributed by atoms with Crippen molar-refractivity contribution >= 4 is 44.4 Å². The van der Waals surface area contributed by atoms with Gasteiger partial charge in [0.1, 0.15) is 6.04 Å². The van der Waals surface area contributed by atoms with E-state index in [2.05, 4.69) is 4.98 Å². The number of carbonyl (C=O) groups is 3. The fourth-order valence-corrected chi connectivity index (χ4v) is 6.42. The molecular formula is C29H27N3O6S. The average Bonchev–Trinajstić information content (AvgIpc) is 3.49. The third-order valence-electron chi connectivity index (χ3n) is 6.73. The first-order valence-electron chi connectivity index (χ1n) is 12.6. The molecule has 2 heterocycles. The van der Waals surface area contributed by atoms with Crippen LogP contribution in [0.2, 0.25) is 0 Å². The lowest BCUT2D eigenvalue weighted by Crippen LogP contribution is -2.46. The van der Waals surface area contributed by atoms with Crippen LogP contribution in [0.1, 0.15) is 29.3 Å². The summed E-state index contributed by atoms with van der Waals surface area (Å²) >= 11 is 0. The molecule has 1 aromatic heterocycles. The van der Waals surface area contributed by atoms with Crippen LogP contribution in [0.15, 0.2) is 90.0 Å². The largest absolute Gasteiger partial charge is 0.462 e. The average molecular weight is 546 g/mol. The number of ether oxygens (including phenoxy) is 1. The minimum Gasteiger partial charge on any atom is -0.462 e. The molecule has 0 saturated carbocycles. The summed E-state index contributed by atoms with van der Waals surface area (Å²) < 4.78 is 33.7. The number of sulfonamides is 1. The number of rotatable bonds is 9. The van der Waals surface area contributed by atoms with Gasteiger partial charge in [0.2, 0.25) is 15.9 Å². The van der Waals surface area contributed by atoms with Crippen molar-refractivity contribution in [2.45, 2.75) is 30.7 Å². The highest BCUT2D eigenvalue weighted by Crippen LogP contribution is 2.30. The normalized spacial score (nSPS) is 15.8. The number of aromatic nitrogens is 1. The number of hydrogen-bond acceptors (Lipinski definition) is 6. The van der Waals surface area contributed by atoms with Crippen LogP contribution in [0, 0.1) is 0 Å². The number of imide groups is 1. The second-order valence-corrected chi connectivity index (χ2v) is 11.0. The van der Waals surface area contributed by atoms with Gasteiger partial charge in [-0.15, -0.1) is 0 Å². The molecule has 10 heteroatoms. The Balaban J connectivity index is 1.46. The number of nitrogens with zero attached hydrogens (tertiary/aromatic N) is 2. The van der Waals surface area contributed by atoms with Gasteiger partial charge in [0, 0.05) is 23.6 Å². The Morgan fingerprint density at radius 1 is 1.00 bits per heavy atom. The van der Waals surface area contributed by atoms with Gasteiger partial charge in [-0.05, 0) is 61.4 Å². The molecule has 2 amide bonds. The molecule has 1 aliphatic heterocycles. The zero-order chi connectivity index (χ0) is 27.6. The zero-order valence-electron chi connectivity index (χ0n) is 21.2. The SMILES string of the molecule is CCOC(=O)c1ccc(N2C(=O)CC(N(CCc3c[nH]c4ccccc34)S(=O)(=O)c3ccccc3)C2=O)cc1. The third kappa shape index (κ3) is 5.08. The monoisotopic (exact) mass is 545 g/mol. The number of amides is 2. The second-order valence-electron chi connectivity index (χ2n) is 9.09. The number of carbonyl (C=O) groups excluding carboxylic acids is 3. The molecule has 1 saturated heterocycles. The maximum atomic E-state index is 13.8. The maximum absolute atomic E-state index is 13.8. The summed E-state index contributed by atoms with van der Waals surface area (Å²) in [5, 5.41) is 0.965. The van der Waals surface area contributed by atoms with E-state index in [-0.39, 0.29) is 35.7 Å². The van der Waals surface area contributed by atoms with Crippen LogP contribution in [0.5, 0.6) is 0 Å². The van der Waals surface area contributed by atoms with Crippen molar-refractivity contribution in [1.82, 2.24) is 9.29 Å². The molecule has 1 atom stereocenters. The summed E-state index contributed by atoms with van der Waals surface area (Å²) in [6.07, 6.45) is 1.87. The van der Waals surface area contributed by atoms with Crippen LogP contribution in [0.3, 0.4) is 0 Å². The number of fused-ring (bicyclic) bond motifs is 1. The molecule has 0 spiro atoms. The molecule has 3 aromatic carbocycles. The van der Waals surface area contributed by atoms with Gasteiger partial charge in [-0.1, -0.05) is 36.4 Å². The predicted octanol–water partition coefficient (Wildman–Crippen LogP) is 3.91. The quantitative estimate of drug-likeness (QED) is 0.252. The number of benzene rings is 3. The topological polar surface area (TPSA) is 117 Å². The van der Waals surface area contributed by atoms with Crippen molar-refractivity contribution < 1.29 is 27.5 Å². The summed E-state index contributed by atoms with van der Waals surface area (Å²) in [4.78, 5) is 42.9. The van der Waals surface area contributed by atoms with E-state index >= 15 is 0 Å². The first-order chi connectivity index (χ1) is 18.8. The highest BCUT2D eigenvalue weighted by molar-refractivity contribution is 7.89. The molecule has 1 aliphatic rings. The Morgan fingerprint density at radius 3 is 2.41 bits per heavy atom. The highest BCUT2D eigenvalue weighted by Gasteiger charge is 2.46. The van der Waals surface area contributed by atoms with Crippen molar-refractivity contribution in [2.75, 3.05) is 18.1 Å². The van der Waals surface area contributed by atoms with E-state index in [0.717, 1.165) is 25.7 Å². The summed E-state index contributed by atoms with van der Waals surface area (Å²) in [5.74, 6) is -1.67. The smallest absolute Gasteiger partial charge is 0.338 e. The zero-order valence-corrected chi connectivity index (χ0v) is 22.1. The molecule has 0 bridgehead atoms. The molecule has 1 fully saturated rings. The highest BCUT2D eigenvalue weighted by atomic mass is 32.2. The molecule has 0 radical (unpaired) electrons. The second kappa shape index (κ2) is 10.8. The minimum absolute atomic E-state index is 0.00159. The van der Waals surface area contributed by atoms with Crippen LogP contribution in [-0.2, 0) is 30.8 Å². The molecule has 1 N–H and O–H groups in total. The van der Waals surface area contributed by atoms with E-state index in [1.165, 1.54) is 36.4 Å². The number of esters is 1. The van der Waals surface area contributed by atoms with Crippen molar-refractivity contribution in [1.29, 1.82) is 0 Å². The Hall–Kier alpha value is -4.28. The predicted molar refractivity (Wildman–Crippen MR) is 146 cm³/mol. The Morgan fingerprint density at radius 2 is 1.69 bits per heavy atom. The van der Waals surface area contributed by atoms with Crippen LogP contribution in [0.25, 0.3) is 10.9 Å². The van der Waals surface area contributed by atoms with Crippen molar-refractivity contribution in [3.05, 3.63) is 96.2 Å². The van der Waals surface area contributed by atoms with Crippen molar-refractivity contribution in [2.24, 2.45) is 0 Å². The molecule has 9 nitrogen and oxygen atoms in total. The van der Waals surface area contributed by atoms with E-state index in [1.54, 1.807) is 25.1 Å². The summed E-state index contributed by atoms with van der Waals surface area (Å²) in [5.41, 5.74) is 2.37. The number of hydrogen-bond donors (Lipinski definition) is 1. The van der Waals surface area contributed by atoms with Gasteiger partial charge in [0.05, 0.1) is 29.2 Å². The molecule has 200 valence electrons. The lowest BCUT2D eigenvalue weighted by atomic mass is 10.1. The molecule has 39 heavy (non-hydrogen) atoms. The van der Waals surface area contributed by atoms with Crippen molar-refractivity contribution in [3.63, 3.8) is 0 Å². The molecule has 4 aromatic rings. The maximum Gasteiger partial charge on any atom is 0.338 e. The minimum atomic E-state index is -4.12. The summed E-state index contributed by atoms with van der Waals surface area (Å²) in [6, 6.07) is 20.3. The van der Waals surface area contributed by atoms with Gasteiger partial charge >= 0.3 is 5.97 Å². The van der Waals surface area contributed by atoms with E-state index in [0.29, 0.717) is 6.42 Å².